The van der Waals surface area contributed by atoms with Crippen LogP contribution < -0.4 is 0 Å². The van der Waals surface area contributed by atoms with Gasteiger partial charge in [-0.3, -0.25) is 9.59 Å². The maximum Gasteiger partial charge on any atom is 0.190 e. The van der Waals surface area contributed by atoms with E-state index in [0.29, 0.717) is 0 Å². The topological polar surface area (TPSA) is 34.1 Å². The van der Waals surface area contributed by atoms with Crippen LogP contribution in [0.5, 0.6) is 0 Å². The number of Topliss-reactive ketones (excluding diaryl/α,β-unsaturated/α-hetero) is 2. The van der Waals surface area contributed by atoms with E-state index >= 15 is 0 Å². The van der Waals surface area contributed by atoms with Crippen molar-refractivity contribution in [1.29, 1.82) is 0 Å². The monoisotopic (exact) mass is 396 g/mol. The van der Waals surface area contributed by atoms with Crippen LogP contribution in [0.1, 0.15) is 73.4 Å². The van der Waals surface area contributed by atoms with E-state index in [2.05, 4.69) is 41.5 Å². The number of hydrogen-bond donors (Lipinski definition) is 0. The molecular weight excluding hydrogens is 368 g/mol. The molecule has 0 radical (unpaired) electrons. The molecule has 0 saturated carbocycles. The van der Waals surface area contributed by atoms with Crippen molar-refractivity contribution in [2.24, 2.45) is 10.8 Å². The number of hydrogen-bond acceptors (Lipinski definition) is 2. The fourth-order valence-electron chi connectivity index (χ4n) is 4.26. The van der Waals surface area contributed by atoms with E-state index in [-0.39, 0.29) is 22.4 Å². The van der Waals surface area contributed by atoms with E-state index in [0.717, 1.165) is 44.5 Å². The standard InChI is InChI=1S/C28H28O2/c1-27(2,3)23-15-21(17-11-7-9-13-19(17)25(23)29)22-16-24(28(4,5)6)26(30)20-14-10-8-12-18(20)22/h7-16H,1-6H3/b22-21-. The zero-order valence-electron chi connectivity index (χ0n) is 18.6. The highest BCUT2D eigenvalue weighted by molar-refractivity contribution is 6.23. The summed E-state index contributed by atoms with van der Waals surface area (Å²) in [7, 11) is 0. The Morgan fingerprint density at radius 3 is 1.10 bits per heavy atom. The molecule has 2 aliphatic rings. The average Bonchev–Trinajstić information content (AvgIpc) is 2.67. The van der Waals surface area contributed by atoms with E-state index < -0.39 is 0 Å². The predicted octanol–water partition coefficient (Wildman–Crippen LogP) is 6.94. The molecule has 2 aromatic rings. The van der Waals surface area contributed by atoms with Crippen molar-refractivity contribution >= 4 is 22.7 Å². The van der Waals surface area contributed by atoms with Gasteiger partial charge in [-0.1, -0.05) is 90.1 Å². The molecule has 0 N–H and O–H groups in total. The van der Waals surface area contributed by atoms with Crippen LogP contribution in [0.4, 0.5) is 0 Å². The fourth-order valence-corrected chi connectivity index (χ4v) is 4.26. The van der Waals surface area contributed by atoms with Gasteiger partial charge >= 0.3 is 0 Å². The van der Waals surface area contributed by atoms with Crippen LogP contribution in [-0.2, 0) is 0 Å². The number of ketones is 2. The molecule has 0 amide bonds. The molecule has 2 aliphatic carbocycles. The van der Waals surface area contributed by atoms with E-state index in [4.69, 9.17) is 0 Å². The third-order valence-corrected chi connectivity index (χ3v) is 5.90. The zero-order chi connectivity index (χ0) is 21.8. The SMILES string of the molecule is CC(C)(C)C1=C/C(=C2\C=C(C(C)(C)C)C(=O)c3ccccc32)c2ccccc2C1=O. The van der Waals surface area contributed by atoms with Crippen LogP contribution in [0.2, 0.25) is 0 Å². The molecule has 0 unspecified atom stereocenters. The number of fused-ring (bicyclic) bond motifs is 2. The molecule has 152 valence electrons. The lowest BCUT2D eigenvalue weighted by atomic mass is 9.71. The summed E-state index contributed by atoms with van der Waals surface area (Å²) in [6.07, 6.45) is 4.09. The van der Waals surface area contributed by atoms with Gasteiger partial charge in [-0.2, -0.15) is 0 Å². The Bertz CT molecular complexity index is 1080. The van der Waals surface area contributed by atoms with Gasteiger partial charge in [0, 0.05) is 22.3 Å². The van der Waals surface area contributed by atoms with Crippen molar-refractivity contribution in [2.75, 3.05) is 0 Å². The first kappa shape index (κ1) is 20.3. The molecular formula is C28H28O2. The highest BCUT2D eigenvalue weighted by Gasteiger charge is 2.35. The fraction of sp³-hybridized carbons (Fsp3) is 0.286. The van der Waals surface area contributed by atoms with Gasteiger partial charge in [-0.05, 0) is 45.3 Å². The summed E-state index contributed by atoms with van der Waals surface area (Å²) in [6, 6.07) is 15.6. The van der Waals surface area contributed by atoms with Gasteiger partial charge < -0.3 is 0 Å². The molecule has 2 aromatic carbocycles. The minimum absolute atomic E-state index is 0.0858. The van der Waals surface area contributed by atoms with Crippen molar-refractivity contribution < 1.29 is 9.59 Å². The van der Waals surface area contributed by atoms with Crippen molar-refractivity contribution in [3.8, 4) is 0 Å². The third kappa shape index (κ3) is 3.21. The first-order valence-electron chi connectivity index (χ1n) is 10.5. The largest absolute Gasteiger partial charge is 0.289 e. The van der Waals surface area contributed by atoms with Gasteiger partial charge in [0.1, 0.15) is 0 Å². The molecule has 0 aliphatic heterocycles. The van der Waals surface area contributed by atoms with Crippen molar-refractivity contribution in [3.63, 3.8) is 0 Å². The summed E-state index contributed by atoms with van der Waals surface area (Å²) in [4.78, 5) is 26.5. The summed E-state index contributed by atoms with van der Waals surface area (Å²) in [5, 5.41) is 0. The van der Waals surface area contributed by atoms with Crippen LogP contribution in [0.25, 0.3) is 11.1 Å². The van der Waals surface area contributed by atoms with Crippen molar-refractivity contribution in [2.45, 2.75) is 41.5 Å². The number of rotatable bonds is 0. The van der Waals surface area contributed by atoms with Gasteiger partial charge in [0.2, 0.25) is 0 Å². The second-order valence-electron chi connectivity index (χ2n) is 10.2. The van der Waals surface area contributed by atoms with Gasteiger partial charge in [0.25, 0.3) is 0 Å². The lowest BCUT2D eigenvalue weighted by Gasteiger charge is -2.31. The summed E-state index contributed by atoms with van der Waals surface area (Å²) in [6.45, 7) is 12.4. The average molecular weight is 397 g/mol. The van der Waals surface area contributed by atoms with Gasteiger partial charge in [-0.15, -0.1) is 0 Å². The van der Waals surface area contributed by atoms with Gasteiger partial charge in [0.05, 0.1) is 0 Å². The molecule has 0 bridgehead atoms. The smallest absolute Gasteiger partial charge is 0.190 e. The molecule has 0 saturated heterocycles. The minimum Gasteiger partial charge on any atom is -0.289 e. The lowest BCUT2D eigenvalue weighted by Crippen LogP contribution is -2.24. The maximum absolute atomic E-state index is 13.3. The number of carbonyl (C=O) groups is 2. The van der Waals surface area contributed by atoms with Crippen LogP contribution >= 0.6 is 0 Å². The predicted molar refractivity (Wildman–Crippen MR) is 123 cm³/mol. The highest BCUT2D eigenvalue weighted by Crippen LogP contribution is 2.45. The molecule has 2 nitrogen and oxygen atoms in total. The summed E-state index contributed by atoms with van der Waals surface area (Å²) in [5.74, 6) is 0.172. The highest BCUT2D eigenvalue weighted by atomic mass is 16.1. The third-order valence-electron chi connectivity index (χ3n) is 5.90. The first-order valence-corrected chi connectivity index (χ1v) is 10.5. The normalized spacial score (nSPS) is 19.1. The van der Waals surface area contributed by atoms with Crippen LogP contribution in [0.15, 0.2) is 71.8 Å². The molecule has 0 fully saturated rings. The van der Waals surface area contributed by atoms with Crippen LogP contribution in [0, 0.1) is 10.8 Å². The Kier molecular flexibility index (Phi) is 4.58. The van der Waals surface area contributed by atoms with Gasteiger partial charge in [0.15, 0.2) is 11.6 Å². The van der Waals surface area contributed by atoms with E-state index in [1.807, 2.05) is 60.7 Å². The molecule has 0 heterocycles. The molecule has 2 heteroatoms. The second-order valence-corrected chi connectivity index (χ2v) is 10.2. The first-order chi connectivity index (χ1) is 14.0. The molecule has 30 heavy (non-hydrogen) atoms. The van der Waals surface area contributed by atoms with Gasteiger partial charge in [-0.25, -0.2) is 0 Å². The number of allylic oxidation sites excluding steroid dienone is 6. The quantitative estimate of drug-likeness (QED) is 0.483. The minimum atomic E-state index is -0.281. The second kappa shape index (κ2) is 6.77. The Morgan fingerprint density at radius 1 is 0.500 bits per heavy atom. The summed E-state index contributed by atoms with van der Waals surface area (Å²) < 4.78 is 0. The number of carbonyl (C=O) groups excluding carboxylic acids is 2. The Labute approximate surface area is 179 Å². The maximum atomic E-state index is 13.3. The van der Waals surface area contributed by atoms with E-state index in [9.17, 15) is 9.59 Å². The summed E-state index contributed by atoms with van der Waals surface area (Å²) >= 11 is 0. The van der Waals surface area contributed by atoms with Crippen molar-refractivity contribution in [3.05, 3.63) is 94.1 Å². The lowest BCUT2D eigenvalue weighted by molar-refractivity contribution is 0.0999. The molecule has 4 rings (SSSR count). The van der Waals surface area contributed by atoms with E-state index in [1.165, 1.54) is 0 Å². The Morgan fingerprint density at radius 2 is 0.800 bits per heavy atom. The van der Waals surface area contributed by atoms with Crippen molar-refractivity contribution in [1.82, 2.24) is 0 Å². The molecule has 0 aromatic heterocycles. The molecule has 0 atom stereocenters. The number of benzene rings is 2. The van der Waals surface area contributed by atoms with Crippen LogP contribution in [0.3, 0.4) is 0 Å². The Hall–Kier alpha value is -3.00. The van der Waals surface area contributed by atoms with Crippen LogP contribution in [-0.4, -0.2) is 11.6 Å². The molecule has 0 spiro atoms. The summed E-state index contributed by atoms with van der Waals surface area (Å²) in [5.41, 5.74) is 6.37. The Balaban J connectivity index is 2.14. The van der Waals surface area contributed by atoms with E-state index in [1.54, 1.807) is 0 Å². The zero-order valence-corrected chi connectivity index (χ0v) is 18.6.